The SMILES string of the molecule is C=C(C)/C=C(\C=C(/[OH2+])c1ccc(C(C)(C)C)cc1)c1ccc(C(C)(C)C)cc1. The third-order valence-corrected chi connectivity index (χ3v) is 4.85. The molecular formula is C27H35O+. The molecule has 0 saturated carbocycles. The average Bonchev–Trinajstić information content (AvgIpc) is 2.59. The van der Waals surface area contributed by atoms with Crippen molar-refractivity contribution in [1.82, 2.24) is 0 Å². The molecule has 28 heavy (non-hydrogen) atoms. The maximum Gasteiger partial charge on any atom is 0.261 e. The van der Waals surface area contributed by atoms with Crippen LogP contribution in [-0.2, 0) is 10.8 Å². The smallest absolute Gasteiger partial charge is 0.261 e. The molecule has 0 bridgehead atoms. The predicted molar refractivity (Wildman–Crippen MR) is 125 cm³/mol. The molecule has 0 aliphatic heterocycles. The fraction of sp³-hybridized carbons (Fsp3) is 0.333. The van der Waals surface area contributed by atoms with Crippen LogP contribution in [0.25, 0.3) is 11.3 Å². The van der Waals surface area contributed by atoms with Gasteiger partial charge in [0.2, 0.25) is 0 Å². The van der Waals surface area contributed by atoms with Gasteiger partial charge in [0.15, 0.2) is 0 Å². The monoisotopic (exact) mass is 375 g/mol. The van der Waals surface area contributed by atoms with E-state index >= 15 is 0 Å². The number of allylic oxidation sites excluding steroid dienone is 4. The molecule has 2 aromatic rings. The van der Waals surface area contributed by atoms with Crippen molar-refractivity contribution in [2.24, 2.45) is 0 Å². The Morgan fingerprint density at radius 2 is 1.11 bits per heavy atom. The lowest BCUT2D eigenvalue weighted by Crippen LogP contribution is -2.10. The van der Waals surface area contributed by atoms with E-state index in [1.807, 2.05) is 31.2 Å². The highest BCUT2D eigenvalue weighted by atomic mass is 16.3. The number of hydrogen-bond donors (Lipinski definition) is 0. The highest BCUT2D eigenvalue weighted by molar-refractivity contribution is 5.82. The summed E-state index contributed by atoms with van der Waals surface area (Å²) in [4.78, 5) is 0. The molecule has 0 amide bonds. The molecule has 2 aromatic carbocycles. The summed E-state index contributed by atoms with van der Waals surface area (Å²) in [5, 5.41) is 8.60. The van der Waals surface area contributed by atoms with Gasteiger partial charge >= 0.3 is 0 Å². The fourth-order valence-corrected chi connectivity index (χ4v) is 3.03. The van der Waals surface area contributed by atoms with E-state index in [-0.39, 0.29) is 10.8 Å². The Kier molecular flexibility index (Phi) is 6.39. The van der Waals surface area contributed by atoms with Gasteiger partial charge in [-0.05, 0) is 52.1 Å². The van der Waals surface area contributed by atoms with E-state index in [4.69, 9.17) is 5.11 Å². The van der Waals surface area contributed by atoms with Gasteiger partial charge in [-0.15, -0.1) is 0 Å². The zero-order valence-electron chi connectivity index (χ0n) is 18.5. The molecule has 2 rings (SSSR count). The molecule has 0 spiro atoms. The quantitative estimate of drug-likeness (QED) is 0.312. The molecule has 0 saturated heterocycles. The van der Waals surface area contributed by atoms with Crippen molar-refractivity contribution >= 4 is 11.3 Å². The zero-order chi connectivity index (χ0) is 21.1. The van der Waals surface area contributed by atoms with Gasteiger partial charge in [-0.3, -0.25) is 0 Å². The maximum atomic E-state index is 8.60. The Morgan fingerprint density at radius 3 is 1.46 bits per heavy atom. The summed E-state index contributed by atoms with van der Waals surface area (Å²) in [6.45, 7) is 19.3. The van der Waals surface area contributed by atoms with Crippen LogP contribution >= 0.6 is 0 Å². The van der Waals surface area contributed by atoms with Crippen LogP contribution in [0.15, 0.2) is 72.8 Å². The van der Waals surface area contributed by atoms with Gasteiger partial charge in [0.1, 0.15) is 0 Å². The largest absolute Gasteiger partial charge is 0.593 e. The number of benzene rings is 2. The van der Waals surface area contributed by atoms with Gasteiger partial charge in [-0.1, -0.05) is 96.2 Å². The van der Waals surface area contributed by atoms with Crippen LogP contribution in [0.1, 0.15) is 70.7 Å². The Hall–Kier alpha value is -2.54. The molecule has 0 fully saturated rings. The lowest BCUT2D eigenvalue weighted by molar-refractivity contribution is 0.512. The molecule has 0 aliphatic carbocycles. The summed E-state index contributed by atoms with van der Waals surface area (Å²) in [6.07, 6.45) is 3.98. The molecule has 0 aromatic heterocycles. The molecule has 1 heteroatoms. The molecule has 0 heterocycles. The topological polar surface area (TPSA) is 22.9 Å². The minimum Gasteiger partial charge on any atom is -0.593 e. The first-order valence-electron chi connectivity index (χ1n) is 9.90. The summed E-state index contributed by atoms with van der Waals surface area (Å²) >= 11 is 0. The Labute approximate surface area is 171 Å². The van der Waals surface area contributed by atoms with Crippen molar-refractivity contribution in [1.29, 1.82) is 0 Å². The summed E-state index contributed by atoms with van der Waals surface area (Å²) in [5.74, 6) is 0.507. The van der Waals surface area contributed by atoms with Crippen molar-refractivity contribution < 1.29 is 5.11 Å². The third kappa shape index (κ3) is 5.73. The standard InChI is InChI=1S/C27H34O/c1-19(2)17-22(20-9-13-23(14-10-20)26(3,4)5)18-25(28)21-11-15-24(16-12-21)27(6,7)8/h9-18,28H,1H2,2-8H3/p+1/b22-17+,25-18-. The third-order valence-electron chi connectivity index (χ3n) is 4.85. The first-order valence-corrected chi connectivity index (χ1v) is 9.90. The van der Waals surface area contributed by atoms with E-state index in [0.29, 0.717) is 5.76 Å². The first kappa shape index (κ1) is 21.8. The second-order valence-electron chi connectivity index (χ2n) is 9.66. The molecule has 2 N–H and O–H groups in total. The highest BCUT2D eigenvalue weighted by Gasteiger charge is 2.16. The van der Waals surface area contributed by atoms with E-state index in [9.17, 15) is 0 Å². The van der Waals surface area contributed by atoms with Gasteiger partial charge in [-0.2, -0.15) is 0 Å². The highest BCUT2D eigenvalue weighted by Crippen LogP contribution is 2.28. The van der Waals surface area contributed by atoms with Crippen molar-refractivity contribution in [3.63, 3.8) is 0 Å². The van der Waals surface area contributed by atoms with Gasteiger partial charge < -0.3 is 5.11 Å². The van der Waals surface area contributed by atoms with Crippen LogP contribution < -0.4 is 0 Å². The normalized spacial score (nSPS) is 13.5. The van der Waals surface area contributed by atoms with Gasteiger partial charge in [0.05, 0.1) is 5.56 Å². The first-order chi connectivity index (χ1) is 12.9. The average molecular weight is 376 g/mol. The Balaban J connectivity index is 2.40. The summed E-state index contributed by atoms with van der Waals surface area (Å²) < 4.78 is 0. The van der Waals surface area contributed by atoms with Crippen molar-refractivity contribution in [3.05, 3.63) is 95.1 Å². The Bertz CT molecular complexity index is 877. The minimum absolute atomic E-state index is 0.115. The van der Waals surface area contributed by atoms with Crippen LogP contribution in [0.4, 0.5) is 0 Å². The van der Waals surface area contributed by atoms with E-state index in [1.54, 1.807) is 0 Å². The Morgan fingerprint density at radius 1 is 0.714 bits per heavy atom. The van der Waals surface area contributed by atoms with E-state index < -0.39 is 0 Å². The molecule has 1 nitrogen and oxygen atoms in total. The summed E-state index contributed by atoms with van der Waals surface area (Å²) in [6, 6.07) is 17.0. The van der Waals surface area contributed by atoms with Crippen molar-refractivity contribution in [2.75, 3.05) is 0 Å². The van der Waals surface area contributed by atoms with E-state index in [1.165, 1.54) is 11.1 Å². The van der Waals surface area contributed by atoms with Crippen LogP contribution in [0, 0.1) is 0 Å². The molecule has 0 aliphatic rings. The van der Waals surface area contributed by atoms with Gasteiger partial charge in [0, 0.05) is 6.08 Å². The van der Waals surface area contributed by atoms with E-state index in [2.05, 4.69) is 84.5 Å². The molecule has 0 atom stereocenters. The fourth-order valence-electron chi connectivity index (χ4n) is 3.03. The van der Waals surface area contributed by atoms with Crippen LogP contribution in [-0.4, -0.2) is 5.11 Å². The van der Waals surface area contributed by atoms with Crippen LogP contribution in [0.5, 0.6) is 0 Å². The molecule has 148 valence electrons. The molecule has 0 radical (unpaired) electrons. The predicted octanol–water partition coefficient (Wildman–Crippen LogP) is 7.01. The van der Waals surface area contributed by atoms with Gasteiger partial charge in [-0.25, -0.2) is 0 Å². The summed E-state index contributed by atoms with van der Waals surface area (Å²) in [7, 11) is 0. The lowest BCUT2D eigenvalue weighted by atomic mass is 9.86. The van der Waals surface area contributed by atoms with Crippen molar-refractivity contribution in [2.45, 2.75) is 59.3 Å². The minimum atomic E-state index is 0.115. The lowest BCUT2D eigenvalue weighted by Gasteiger charge is -2.19. The molecule has 0 unspecified atom stereocenters. The molecular weight excluding hydrogens is 340 g/mol. The van der Waals surface area contributed by atoms with Gasteiger partial charge in [0.25, 0.3) is 5.76 Å². The van der Waals surface area contributed by atoms with E-state index in [0.717, 1.165) is 22.3 Å². The summed E-state index contributed by atoms with van der Waals surface area (Å²) in [5.41, 5.74) is 6.84. The number of rotatable bonds is 4. The van der Waals surface area contributed by atoms with Crippen molar-refractivity contribution in [3.8, 4) is 0 Å². The zero-order valence-corrected chi connectivity index (χ0v) is 18.5. The van der Waals surface area contributed by atoms with Crippen LogP contribution in [0.2, 0.25) is 0 Å². The second-order valence-corrected chi connectivity index (χ2v) is 9.66. The van der Waals surface area contributed by atoms with Crippen LogP contribution in [0.3, 0.4) is 0 Å². The second kappa shape index (κ2) is 8.22. The maximum absolute atomic E-state index is 8.60. The number of hydrogen-bond acceptors (Lipinski definition) is 0.